The largest absolute Gasteiger partial charge is 0.366 e. The molecule has 0 spiro atoms. The molecule has 2 heterocycles. The summed E-state index contributed by atoms with van der Waals surface area (Å²) in [5.74, 6) is 0. The van der Waals surface area contributed by atoms with E-state index in [1.54, 1.807) is 11.8 Å². The molecule has 2 aliphatic heterocycles. The topological polar surface area (TPSA) is 35.8 Å². The molecule has 2 aromatic carbocycles. The number of aliphatic imine (C=N–C) groups is 1. The molecule has 0 amide bonds. The van der Waals surface area contributed by atoms with Crippen molar-refractivity contribution < 1.29 is 5.11 Å². The number of halogens is 1. The average Bonchev–Trinajstić information content (AvgIpc) is 3.16. The van der Waals surface area contributed by atoms with Crippen molar-refractivity contribution in [2.75, 3.05) is 13.1 Å². The van der Waals surface area contributed by atoms with Crippen LogP contribution in [-0.4, -0.2) is 33.5 Å². The first kappa shape index (κ1) is 16.0. The standard InChI is InChI=1S/C19H19ClN2OS/c20-16-8-4-7-15(13-16)19(23)17(24-18-21-11-12-22(18)19)10-9-14-5-2-1-3-6-14/h1-8,13,17,23H,9-12H2/t17-,19+/m1/s1. The van der Waals surface area contributed by atoms with Crippen molar-refractivity contribution in [1.82, 2.24) is 4.90 Å². The van der Waals surface area contributed by atoms with Crippen LogP contribution in [0, 0.1) is 0 Å². The zero-order valence-corrected chi connectivity index (χ0v) is 14.8. The van der Waals surface area contributed by atoms with Crippen molar-refractivity contribution in [3.05, 3.63) is 70.7 Å². The van der Waals surface area contributed by atoms with E-state index in [1.165, 1.54) is 5.56 Å². The maximum absolute atomic E-state index is 11.7. The van der Waals surface area contributed by atoms with Crippen molar-refractivity contribution in [1.29, 1.82) is 0 Å². The van der Waals surface area contributed by atoms with Gasteiger partial charge in [0.1, 0.15) is 0 Å². The zero-order valence-electron chi connectivity index (χ0n) is 13.2. The molecular weight excluding hydrogens is 340 g/mol. The van der Waals surface area contributed by atoms with Gasteiger partial charge in [-0.1, -0.05) is 65.8 Å². The number of benzene rings is 2. The van der Waals surface area contributed by atoms with Crippen LogP contribution in [0.1, 0.15) is 17.5 Å². The van der Waals surface area contributed by atoms with Crippen LogP contribution in [0.5, 0.6) is 0 Å². The van der Waals surface area contributed by atoms with Gasteiger partial charge in [0.2, 0.25) is 0 Å². The van der Waals surface area contributed by atoms with E-state index in [-0.39, 0.29) is 5.25 Å². The Kier molecular flexibility index (Phi) is 4.29. The Hall–Kier alpha value is -1.49. The number of fused-ring (bicyclic) bond motifs is 1. The Labute approximate surface area is 151 Å². The lowest BCUT2D eigenvalue weighted by atomic mass is 9.93. The molecule has 1 N–H and O–H groups in total. The molecule has 2 atom stereocenters. The van der Waals surface area contributed by atoms with E-state index in [0.717, 1.165) is 36.7 Å². The second-order valence-electron chi connectivity index (χ2n) is 6.18. The molecule has 24 heavy (non-hydrogen) atoms. The normalized spacial score (nSPS) is 25.7. The third kappa shape index (κ3) is 2.73. The predicted molar refractivity (Wildman–Crippen MR) is 100 cm³/mol. The van der Waals surface area contributed by atoms with Crippen LogP contribution in [-0.2, 0) is 12.1 Å². The van der Waals surface area contributed by atoms with Crippen LogP contribution in [0.2, 0.25) is 5.02 Å². The van der Waals surface area contributed by atoms with Gasteiger partial charge < -0.3 is 10.0 Å². The van der Waals surface area contributed by atoms with Crippen molar-refractivity contribution in [3.8, 4) is 0 Å². The predicted octanol–water partition coefficient (Wildman–Crippen LogP) is 3.90. The summed E-state index contributed by atoms with van der Waals surface area (Å²) in [6, 6.07) is 18.0. The second-order valence-corrected chi connectivity index (χ2v) is 7.79. The number of nitrogens with zero attached hydrogens (tertiary/aromatic N) is 2. The van der Waals surface area contributed by atoms with E-state index in [9.17, 15) is 5.11 Å². The number of aliphatic hydroxyl groups is 1. The summed E-state index contributed by atoms with van der Waals surface area (Å²) in [4.78, 5) is 6.60. The van der Waals surface area contributed by atoms with E-state index in [4.69, 9.17) is 11.6 Å². The van der Waals surface area contributed by atoms with Crippen LogP contribution in [0.25, 0.3) is 0 Å². The number of amidine groups is 1. The fourth-order valence-electron chi connectivity index (χ4n) is 3.49. The van der Waals surface area contributed by atoms with Gasteiger partial charge in [-0.3, -0.25) is 4.99 Å². The number of hydrogen-bond acceptors (Lipinski definition) is 4. The average molecular weight is 359 g/mol. The number of thioether (sulfide) groups is 1. The van der Waals surface area contributed by atoms with Crippen molar-refractivity contribution >= 4 is 28.5 Å². The summed E-state index contributed by atoms with van der Waals surface area (Å²) in [7, 11) is 0. The van der Waals surface area contributed by atoms with E-state index in [0.29, 0.717) is 5.02 Å². The van der Waals surface area contributed by atoms with Crippen LogP contribution in [0.15, 0.2) is 59.6 Å². The first-order chi connectivity index (χ1) is 11.7. The van der Waals surface area contributed by atoms with E-state index in [1.807, 2.05) is 35.2 Å². The molecule has 0 bridgehead atoms. The van der Waals surface area contributed by atoms with E-state index < -0.39 is 5.72 Å². The SMILES string of the molecule is O[C@@]1(c2cccc(Cl)c2)[C@@H](CCc2ccccc2)SC2=NCCN21. The van der Waals surface area contributed by atoms with Gasteiger partial charge in [0, 0.05) is 17.1 Å². The smallest absolute Gasteiger partial charge is 0.178 e. The lowest BCUT2D eigenvalue weighted by Crippen LogP contribution is -2.48. The Bertz CT molecular complexity index is 767. The van der Waals surface area contributed by atoms with Crippen molar-refractivity contribution in [2.24, 2.45) is 4.99 Å². The summed E-state index contributed by atoms with van der Waals surface area (Å²) < 4.78 is 0. The molecule has 5 heteroatoms. The first-order valence-corrected chi connectivity index (χ1v) is 9.45. The summed E-state index contributed by atoms with van der Waals surface area (Å²) in [5.41, 5.74) is 1.10. The third-order valence-electron chi connectivity index (χ3n) is 4.70. The van der Waals surface area contributed by atoms with Crippen LogP contribution < -0.4 is 0 Å². The molecule has 4 rings (SSSR count). The molecule has 0 unspecified atom stereocenters. The number of aryl methyl sites for hydroxylation is 1. The molecule has 1 fully saturated rings. The molecule has 124 valence electrons. The highest BCUT2D eigenvalue weighted by molar-refractivity contribution is 8.14. The Balaban J connectivity index is 1.64. The van der Waals surface area contributed by atoms with E-state index in [2.05, 4.69) is 29.3 Å². The van der Waals surface area contributed by atoms with Crippen LogP contribution in [0.3, 0.4) is 0 Å². The van der Waals surface area contributed by atoms with Gasteiger partial charge in [0.25, 0.3) is 0 Å². The van der Waals surface area contributed by atoms with Crippen LogP contribution in [0.4, 0.5) is 0 Å². The minimum absolute atomic E-state index is 0.0372. The molecule has 0 aromatic heterocycles. The van der Waals surface area contributed by atoms with Gasteiger partial charge in [-0.2, -0.15) is 0 Å². The summed E-state index contributed by atoms with van der Waals surface area (Å²) in [6.45, 7) is 1.50. The lowest BCUT2D eigenvalue weighted by Gasteiger charge is -2.36. The molecule has 2 aliphatic rings. The van der Waals surface area contributed by atoms with Gasteiger partial charge in [0.15, 0.2) is 10.9 Å². The summed E-state index contributed by atoms with van der Waals surface area (Å²) in [6.07, 6.45) is 1.82. The summed E-state index contributed by atoms with van der Waals surface area (Å²) in [5, 5.41) is 13.3. The van der Waals surface area contributed by atoms with Gasteiger partial charge >= 0.3 is 0 Å². The highest BCUT2D eigenvalue weighted by Gasteiger charge is 2.53. The maximum Gasteiger partial charge on any atom is 0.178 e. The van der Waals surface area contributed by atoms with Gasteiger partial charge in [0.05, 0.1) is 11.8 Å². The number of rotatable bonds is 4. The van der Waals surface area contributed by atoms with Crippen LogP contribution >= 0.6 is 23.4 Å². The molecule has 0 aliphatic carbocycles. The van der Waals surface area contributed by atoms with Crippen molar-refractivity contribution in [2.45, 2.75) is 23.8 Å². The Morgan fingerprint density at radius 1 is 1.21 bits per heavy atom. The van der Waals surface area contributed by atoms with Gasteiger partial charge in [-0.15, -0.1) is 0 Å². The molecule has 3 nitrogen and oxygen atoms in total. The minimum atomic E-state index is -1.04. The maximum atomic E-state index is 11.7. The third-order valence-corrected chi connectivity index (χ3v) is 6.34. The zero-order chi connectivity index (χ0) is 16.6. The summed E-state index contributed by atoms with van der Waals surface area (Å²) >= 11 is 7.87. The van der Waals surface area contributed by atoms with Crippen molar-refractivity contribution in [3.63, 3.8) is 0 Å². The lowest BCUT2D eigenvalue weighted by molar-refractivity contribution is -0.0671. The molecule has 1 saturated heterocycles. The molecule has 0 radical (unpaired) electrons. The number of hydrogen-bond donors (Lipinski definition) is 1. The highest BCUT2D eigenvalue weighted by atomic mass is 35.5. The van der Waals surface area contributed by atoms with Gasteiger partial charge in [-0.25, -0.2) is 0 Å². The quantitative estimate of drug-likeness (QED) is 0.900. The molecular formula is C19H19ClN2OS. The monoisotopic (exact) mass is 358 g/mol. The molecule has 0 saturated carbocycles. The fraction of sp³-hybridized carbons (Fsp3) is 0.316. The Morgan fingerprint density at radius 3 is 2.83 bits per heavy atom. The van der Waals surface area contributed by atoms with Gasteiger partial charge in [-0.05, 0) is 30.5 Å². The fourth-order valence-corrected chi connectivity index (χ4v) is 5.12. The highest BCUT2D eigenvalue weighted by Crippen LogP contribution is 2.48. The molecule has 2 aromatic rings. The first-order valence-electron chi connectivity index (χ1n) is 8.19. The second kappa shape index (κ2) is 6.43. The minimum Gasteiger partial charge on any atom is -0.366 e. The van der Waals surface area contributed by atoms with E-state index >= 15 is 0 Å². The Morgan fingerprint density at radius 2 is 2.04 bits per heavy atom.